The van der Waals surface area contributed by atoms with Crippen LogP contribution in [0, 0.1) is 0 Å². The van der Waals surface area contributed by atoms with Gasteiger partial charge in [-0.05, 0) is 43.0 Å². The van der Waals surface area contributed by atoms with Gasteiger partial charge in [0, 0.05) is 43.6 Å². The average Bonchev–Trinajstić information content (AvgIpc) is 2.92. The van der Waals surface area contributed by atoms with E-state index in [1.165, 1.54) is 5.69 Å². The Morgan fingerprint density at radius 2 is 1.83 bits per heavy atom. The molecule has 0 atom stereocenters. The van der Waals surface area contributed by atoms with Gasteiger partial charge in [0.1, 0.15) is 5.82 Å². The highest BCUT2D eigenvalue weighted by Gasteiger charge is 2.24. The van der Waals surface area contributed by atoms with Crippen LogP contribution in [0.1, 0.15) is 11.1 Å². The highest BCUT2D eigenvalue weighted by Crippen LogP contribution is 2.31. The first-order valence-corrected chi connectivity index (χ1v) is 8.23. The highest BCUT2D eigenvalue weighted by molar-refractivity contribution is 6.34. The number of carbonyl (C=O) groups excluding carboxylic acids is 1. The first-order valence-electron chi connectivity index (χ1n) is 8.23. The topological polar surface area (TPSA) is 48.5 Å². The summed E-state index contributed by atoms with van der Waals surface area (Å²) in [7, 11) is 2.16. The van der Waals surface area contributed by atoms with E-state index >= 15 is 0 Å². The van der Waals surface area contributed by atoms with E-state index < -0.39 is 0 Å². The van der Waals surface area contributed by atoms with Crippen molar-refractivity contribution < 1.29 is 4.79 Å². The lowest BCUT2D eigenvalue weighted by Gasteiger charge is -2.34. The van der Waals surface area contributed by atoms with Gasteiger partial charge in [-0.3, -0.25) is 4.79 Å². The zero-order valence-corrected chi connectivity index (χ0v) is 13.7. The molecule has 0 spiro atoms. The van der Waals surface area contributed by atoms with Gasteiger partial charge in [-0.25, -0.2) is 4.98 Å². The van der Waals surface area contributed by atoms with E-state index in [-0.39, 0.29) is 5.91 Å². The number of nitrogens with zero attached hydrogens (tertiary/aromatic N) is 3. The summed E-state index contributed by atoms with van der Waals surface area (Å²) in [5, 5.41) is 2.80. The molecule has 0 radical (unpaired) electrons. The number of hydrogen-bond acceptors (Lipinski definition) is 4. The SMILES string of the molecule is CN1CCN(c2ccc(/C=C3\C(=O)Nc4ncccc43)cc2)CC1. The van der Waals surface area contributed by atoms with E-state index in [0.29, 0.717) is 11.4 Å². The maximum Gasteiger partial charge on any atom is 0.257 e. The van der Waals surface area contributed by atoms with Crippen LogP contribution in [0.4, 0.5) is 11.5 Å². The molecule has 1 N–H and O–H groups in total. The van der Waals surface area contributed by atoms with Crippen molar-refractivity contribution >= 4 is 29.1 Å². The molecule has 5 nitrogen and oxygen atoms in total. The van der Waals surface area contributed by atoms with Crippen LogP contribution in [0.2, 0.25) is 0 Å². The number of rotatable bonds is 2. The maximum absolute atomic E-state index is 12.1. The summed E-state index contributed by atoms with van der Waals surface area (Å²) in [6, 6.07) is 12.2. The molecule has 2 aliphatic heterocycles. The molecule has 5 heteroatoms. The minimum absolute atomic E-state index is 0.0909. The van der Waals surface area contributed by atoms with Crippen LogP contribution in [0.15, 0.2) is 42.6 Å². The fourth-order valence-corrected chi connectivity index (χ4v) is 3.18. The van der Waals surface area contributed by atoms with Crippen LogP contribution in [0.3, 0.4) is 0 Å². The third-order valence-electron chi connectivity index (χ3n) is 4.65. The van der Waals surface area contributed by atoms with E-state index in [0.717, 1.165) is 37.3 Å². The Kier molecular flexibility index (Phi) is 3.78. The molecule has 0 unspecified atom stereocenters. The Morgan fingerprint density at radius 1 is 1.08 bits per heavy atom. The summed E-state index contributed by atoms with van der Waals surface area (Å²) < 4.78 is 0. The third-order valence-corrected chi connectivity index (χ3v) is 4.65. The van der Waals surface area contributed by atoms with Crippen molar-refractivity contribution in [2.24, 2.45) is 0 Å². The number of benzene rings is 1. The number of amides is 1. The van der Waals surface area contributed by atoms with E-state index in [1.54, 1.807) is 6.20 Å². The van der Waals surface area contributed by atoms with Gasteiger partial charge >= 0.3 is 0 Å². The monoisotopic (exact) mass is 320 g/mol. The largest absolute Gasteiger partial charge is 0.369 e. The fraction of sp³-hybridized carbons (Fsp3) is 0.263. The number of hydrogen-bond donors (Lipinski definition) is 1. The van der Waals surface area contributed by atoms with Gasteiger partial charge in [-0.1, -0.05) is 12.1 Å². The zero-order valence-electron chi connectivity index (χ0n) is 13.7. The van der Waals surface area contributed by atoms with Crippen LogP contribution >= 0.6 is 0 Å². The van der Waals surface area contributed by atoms with Gasteiger partial charge in [-0.15, -0.1) is 0 Å². The second kappa shape index (κ2) is 6.09. The Labute approximate surface area is 141 Å². The van der Waals surface area contributed by atoms with Crippen molar-refractivity contribution in [2.45, 2.75) is 0 Å². The van der Waals surface area contributed by atoms with Crippen molar-refractivity contribution in [3.8, 4) is 0 Å². The number of likely N-dealkylation sites (N-methyl/N-ethyl adjacent to an activating group) is 1. The van der Waals surface area contributed by atoms with Crippen LogP contribution < -0.4 is 10.2 Å². The van der Waals surface area contributed by atoms with Gasteiger partial charge in [0.05, 0.1) is 5.57 Å². The quantitative estimate of drug-likeness (QED) is 0.863. The van der Waals surface area contributed by atoms with Gasteiger partial charge in [0.2, 0.25) is 0 Å². The molecule has 0 saturated carbocycles. The number of nitrogens with one attached hydrogen (secondary N) is 1. The molecular weight excluding hydrogens is 300 g/mol. The molecule has 1 aromatic heterocycles. The molecule has 24 heavy (non-hydrogen) atoms. The van der Waals surface area contributed by atoms with E-state index in [1.807, 2.05) is 18.2 Å². The normalized spacial score (nSPS) is 19.5. The maximum atomic E-state index is 12.1. The first kappa shape index (κ1) is 14.9. The molecule has 122 valence electrons. The van der Waals surface area contributed by atoms with Crippen LogP contribution in [-0.2, 0) is 4.79 Å². The van der Waals surface area contributed by atoms with Crippen molar-refractivity contribution in [3.63, 3.8) is 0 Å². The minimum atomic E-state index is -0.0909. The molecular formula is C19H20N4O. The predicted octanol–water partition coefficient (Wildman–Crippen LogP) is 2.33. The molecule has 0 aliphatic carbocycles. The molecule has 0 bridgehead atoms. The second-order valence-corrected chi connectivity index (χ2v) is 6.29. The molecule has 1 fully saturated rings. The molecule has 2 aliphatic rings. The predicted molar refractivity (Wildman–Crippen MR) is 96.9 cm³/mol. The van der Waals surface area contributed by atoms with Crippen LogP contribution in [-0.4, -0.2) is 49.0 Å². The molecule has 4 rings (SSSR count). The summed E-state index contributed by atoms with van der Waals surface area (Å²) in [6.07, 6.45) is 3.61. The van der Waals surface area contributed by atoms with E-state index in [2.05, 4.69) is 51.4 Å². The van der Waals surface area contributed by atoms with E-state index in [9.17, 15) is 4.79 Å². The number of aromatic nitrogens is 1. The lowest BCUT2D eigenvalue weighted by atomic mass is 10.1. The standard InChI is InChI=1S/C19H20N4O/c1-22-9-11-23(12-10-22)15-6-4-14(5-7-15)13-17-16-3-2-8-20-18(16)21-19(17)24/h2-8,13H,9-12H2,1H3,(H,20,21,24)/b17-13-. The Morgan fingerprint density at radius 3 is 2.58 bits per heavy atom. The summed E-state index contributed by atoms with van der Waals surface area (Å²) in [5.74, 6) is 0.551. The average molecular weight is 320 g/mol. The fourth-order valence-electron chi connectivity index (χ4n) is 3.18. The summed E-state index contributed by atoms with van der Waals surface area (Å²) in [6.45, 7) is 4.29. The number of piperazine rings is 1. The first-order chi connectivity index (χ1) is 11.7. The molecule has 1 aromatic carbocycles. The molecule has 2 aromatic rings. The van der Waals surface area contributed by atoms with Gasteiger partial charge in [0.15, 0.2) is 0 Å². The number of pyridine rings is 1. The minimum Gasteiger partial charge on any atom is -0.369 e. The van der Waals surface area contributed by atoms with Crippen molar-refractivity contribution in [2.75, 3.05) is 43.4 Å². The highest BCUT2D eigenvalue weighted by atomic mass is 16.2. The third kappa shape index (κ3) is 2.78. The molecule has 1 amide bonds. The van der Waals surface area contributed by atoms with Crippen molar-refractivity contribution in [1.82, 2.24) is 9.88 Å². The number of anilines is 2. The Balaban J connectivity index is 1.57. The lowest BCUT2D eigenvalue weighted by Crippen LogP contribution is -2.44. The number of fused-ring (bicyclic) bond motifs is 1. The summed E-state index contributed by atoms with van der Waals surface area (Å²) >= 11 is 0. The van der Waals surface area contributed by atoms with Gasteiger partial charge in [0.25, 0.3) is 5.91 Å². The van der Waals surface area contributed by atoms with Crippen LogP contribution in [0.5, 0.6) is 0 Å². The zero-order chi connectivity index (χ0) is 16.5. The van der Waals surface area contributed by atoms with Crippen molar-refractivity contribution in [1.29, 1.82) is 0 Å². The Hall–Kier alpha value is -2.66. The summed E-state index contributed by atoms with van der Waals surface area (Å²) in [5.41, 5.74) is 3.80. The van der Waals surface area contributed by atoms with Gasteiger partial charge in [-0.2, -0.15) is 0 Å². The van der Waals surface area contributed by atoms with E-state index in [4.69, 9.17) is 0 Å². The number of carbonyl (C=O) groups is 1. The Bertz CT molecular complexity index is 789. The van der Waals surface area contributed by atoms with Crippen molar-refractivity contribution in [3.05, 3.63) is 53.7 Å². The second-order valence-electron chi connectivity index (χ2n) is 6.29. The summed E-state index contributed by atoms with van der Waals surface area (Å²) in [4.78, 5) is 21.1. The van der Waals surface area contributed by atoms with Crippen LogP contribution in [0.25, 0.3) is 11.6 Å². The van der Waals surface area contributed by atoms with Gasteiger partial charge < -0.3 is 15.1 Å². The molecule has 1 saturated heterocycles. The molecule has 3 heterocycles. The smallest absolute Gasteiger partial charge is 0.257 e. The lowest BCUT2D eigenvalue weighted by molar-refractivity contribution is -0.110.